The van der Waals surface area contributed by atoms with Crippen molar-refractivity contribution >= 4 is 5.91 Å². The summed E-state index contributed by atoms with van der Waals surface area (Å²) in [6.45, 7) is 1.89. The Labute approximate surface area is 113 Å². The maximum Gasteiger partial charge on any atom is 0.254 e. The lowest BCUT2D eigenvalue weighted by Crippen LogP contribution is -2.33. The van der Waals surface area contributed by atoms with E-state index in [0.29, 0.717) is 19.1 Å². The van der Waals surface area contributed by atoms with Gasteiger partial charge in [-0.3, -0.25) is 4.79 Å². The van der Waals surface area contributed by atoms with Gasteiger partial charge in [0.1, 0.15) is 5.75 Å². The third-order valence-corrected chi connectivity index (χ3v) is 3.68. The number of rotatable bonds is 4. The number of carbonyl (C=O) groups is 1. The molecular formula is C16H17NO2. The molecule has 0 N–H and O–H groups in total. The van der Waals surface area contributed by atoms with Gasteiger partial charge in [-0.15, -0.1) is 6.42 Å². The number of hydrogen-bond donors (Lipinski definition) is 0. The maximum absolute atomic E-state index is 12.5. The van der Waals surface area contributed by atoms with Crippen LogP contribution >= 0.6 is 0 Å². The van der Waals surface area contributed by atoms with Crippen LogP contribution in [0, 0.1) is 18.3 Å². The molecule has 0 saturated heterocycles. The Kier molecular flexibility index (Phi) is 3.16. The highest BCUT2D eigenvalue weighted by atomic mass is 16.5. The predicted octanol–water partition coefficient (Wildman–Crippen LogP) is 2.11. The van der Waals surface area contributed by atoms with Crippen molar-refractivity contribution in [3.8, 4) is 18.1 Å². The molecule has 0 aromatic heterocycles. The highest BCUT2D eigenvalue weighted by Crippen LogP contribution is 2.31. The third kappa shape index (κ3) is 2.58. The summed E-state index contributed by atoms with van der Waals surface area (Å²) in [5, 5.41) is 0. The van der Waals surface area contributed by atoms with E-state index in [9.17, 15) is 4.79 Å². The van der Waals surface area contributed by atoms with Crippen LogP contribution in [0.1, 0.15) is 28.8 Å². The van der Waals surface area contributed by atoms with Crippen LogP contribution in [0.4, 0.5) is 0 Å². The number of benzene rings is 1. The molecule has 1 fully saturated rings. The van der Waals surface area contributed by atoms with Crippen LogP contribution in [0.3, 0.4) is 0 Å². The van der Waals surface area contributed by atoms with Crippen molar-refractivity contribution in [3.05, 3.63) is 29.3 Å². The van der Waals surface area contributed by atoms with Gasteiger partial charge in [-0.1, -0.05) is 5.92 Å². The Morgan fingerprint density at radius 2 is 2.32 bits per heavy atom. The summed E-state index contributed by atoms with van der Waals surface area (Å²) in [5.74, 6) is 4.18. The summed E-state index contributed by atoms with van der Waals surface area (Å²) in [6, 6.07) is 5.67. The molecule has 3 nitrogen and oxygen atoms in total. The summed E-state index contributed by atoms with van der Waals surface area (Å²) in [4.78, 5) is 14.3. The van der Waals surface area contributed by atoms with Crippen LogP contribution in [0.5, 0.6) is 5.75 Å². The van der Waals surface area contributed by atoms with Crippen molar-refractivity contribution < 1.29 is 9.53 Å². The standard InChI is InChI=1S/C16H17NO2/c1-2-8-17(11-12-3-4-12)16(18)14-5-6-15-13(10-14)7-9-19-15/h1,5-6,10,12H,3-4,7-9,11H2. The van der Waals surface area contributed by atoms with Gasteiger partial charge in [0, 0.05) is 18.5 Å². The second kappa shape index (κ2) is 4.97. The smallest absolute Gasteiger partial charge is 0.254 e. The fourth-order valence-corrected chi connectivity index (χ4v) is 2.44. The van der Waals surface area contributed by atoms with Gasteiger partial charge in [0.15, 0.2) is 0 Å². The van der Waals surface area contributed by atoms with Gasteiger partial charge in [-0.05, 0) is 42.5 Å². The number of carbonyl (C=O) groups excluding carboxylic acids is 1. The lowest BCUT2D eigenvalue weighted by Gasteiger charge is -2.20. The average Bonchev–Trinajstić information content (AvgIpc) is 3.11. The first kappa shape index (κ1) is 12.1. The molecule has 1 amide bonds. The lowest BCUT2D eigenvalue weighted by molar-refractivity contribution is 0.0769. The van der Waals surface area contributed by atoms with Crippen LogP contribution in [-0.2, 0) is 6.42 Å². The Morgan fingerprint density at radius 1 is 1.47 bits per heavy atom. The van der Waals surface area contributed by atoms with E-state index in [1.807, 2.05) is 18.2 Å². The van der Waals surface area contributed by atoms with Gasteiger partial charge < -0.3 is 9.64 Å². The van der Waals surface area contributed by atoms with Crippen molar-refractivity contribution in [2.24, 2.45) is 5.92 Å². The second-order valence-corrected chi connectivity index (χ2v) is 5.25. The molecule has 1 aliphatic carbocycles. The fourth-order valence-electron chi connectivity index (χ4n) is 2.44. The Bertz CT molecular complexity index is 540. The van der Waals surface area contributed by atoms with E-state index >= 15 is 0 Å². The van der Waals surface area contributed by atoms with E-state index in [-0.39, 0.29) is 5.91 Å². The number of nitrogens with zero attached hydrogens (tertiary/aromatic N) is 1. The van der Waals surface area contributed by atoms with Crippen LogP contribution in [0.25, 0.3) is 0 Å². The zero-order chi connectivity index (χ0) is 13.2. The van der Waals surface area contributed by atoms with Crippen molar-refractivity contribution in [1.29, 1.82) is 0 Å². The summed E-state index contributed by atoms with van der Waals surface area (Å²) in [6.07, 6.45) is 8.68. The summed E-state index contributed by atoms with van der Waals surface area (Å²) in [5.41, 5.74) is 1.85. The van der Waals surface area contributed by atoms with Crippen molar-refractivity contribution in [3.63, 3.8) is 0 Å². The Hall–Kier alpha value is -1.95. The van der Waals surface area contributed by atoms with Crippen LogP contribution in [0.2, 0.25) is 0 Å². The van der Waals surface area contributed by atoms with Gasteiger partial charge >= 0.3 is 0 Å². The molecule has 0 unspecified atom stereocenters. The molecule has 1 aromatic rings. The van der Waals surface area contributed by atoms with Crippen molar-refractivity contribution in [2.45, 2.75) is 19.3 Å². The third-order valence-electron chi connectivity index (χ3n) is 3.68. The topological polar surface area (TPSA) is 29.5 Å². The number of hydrogen-bond acceptors (Lipinski definition) is 2. The quantitative estimate of drug-likeness (QED) is 0.771. The highest BCUT2D eigenvalue weighted by Gasteiger charge is 2.27. The van der Waals surface area contributed by atoms with E-state index in [1.54, 1.807) is 4.90 Å². The number of terminal acetylenes is 1. The molecular weight excluding hydrogens is 238 g/mol. The van der Waals surface area contributed by atoms with Crippen LogP contribution in [0.15, 0.2) is 18.2 Å². The molecule has 0 spiro atoms. The highest BCUT2D eigenvalue weighted by molar-refractivity contribution is 5.94. The first-order valence-corrected chi connectivity index (χ1v) is 6.76. The molecule has 1 heterocycles. The molecule has 2 aliphatic rings. The largest absolute Gasteiger partial charge is 0.493 e. The molecule has 0 atom stereocenters. The first-order chi connectivity index (χ1) is 9.28. The zero-order valence-corrected chi connectivity index (χ0v) is 10.9. The second-order valence-electron chi connectivity index (χ2n) is 5.25. The molecule has 1 saturated carbocycles. The predicted molar refractivity (Wildman–Crippen MR) is 73.1 cm³/mol. The van der Waals surface area contributed by atoms with Crippen LogP contribution < -0.4 is 4.74 Å². The lowest BCUT2D eigenvalue weighted by atomic mass is 10.1. The van der Waals surface area contributed by atoms with Crippen molar-refractivity contribution in [2.75, 3.05) is 19.7 Å². The van der Waals surface area contributed by atoms with E-state index in [4.69, 9.17) is 11.2 Å². The summed E-state index contributed by atoms with van der Waals surface area (Å²) in [7, 11) is 0. The molecule has 0 bridgehead atoms. The molecule has 1 aliphatic heterocycles. The first-order valence-electron chi connectivity index (χ1n) is 6.76. The minimum atomic E-state index is 0.0413. The molecule has 3 heteroatoms. The minimum absolute atomic E-state index is 0.0413. The van der Waals surface area contributed by atoms with Crippen LogP contribution in [-0.4, -0.2) is 30.5 Å². The molecule has 0 radical (unpaired) electrons. The Balaban J connectivity index is 1.78. The van der Waals surface area contributed by atoms with Gasteiger partial charge in [0.05, 0.1) is 13.2 Å². The van der Waals surface area contributed by atoms with E-state index in [2.05, 4.69) is 5.92 Å². The van der Waals surface area contributed by atoms with Gasteiger partial charge in [-0.25, -0.2) is 0 Å². The summed E-state index contributed by atoms with van der Waals surface area (Å²) < 4.78 is 5.46. The molecule has 1 aromatic carbocycles. The van der Waals surface area contributed by atoms with E-state index in [0.717, 1.165) is 29.8 Å². The maximum atomic E-state index is 12.5. The Morgan fingerprint density at radius 3 is 3.05 bits per heavy atom. The molecule has 3 rings (SSSR count). The average molecular weight is 255 g/mol. The molecule has 19 heavy (non-hydrogen) atoms. The summed E-state index contributed by atoms with van der Waals surface area (Å²) >= 11 is 0. The molecule has 98 valence electrons. The van der Waals surface area contributed by atoms with Gasteiger partial charge in [0.25, 0.3) is 5.91 Å². The zero-order valence-electron chi connectivity index (χ0n) is 10.9. The van der Waals surface area contributed by atoms with E-state index in [1.165, 1.54) is 12.8 Å². The monoisotopic (exact) mass is 255 g/mol. The number of amides is 1. The van der Waals surface area contributed by atoms with Gasteiger partial charge in [-0.2, -0.15) is 0 Å². The van der Waals surface area contributed by atoms with Crippen molar-refractivity contribution in [1.82, 2.24) is 4.90 Å². The fraction of sp³-hybridized carbons (Fsp3) is 0.438. The van der Waals surface area contributed by atoms with E-state index < -0.39 is 0 Å². The minimum Gasteiger partial charge on any atom is -0.493 e. The van der Waals surface area contributed by atoms with Gasteiger partial charge in [0.2, 0.25) is 0 Å². The number of fused-ring (bicyclic) bond motifs is 1. The number of ether oxygens (including phenoxy) is 1. The normalized spacial score (nSPS) is 16.4. The SMILES string of the molecule is C#CCN(CC1CC1)C(=O)c1ccc2c(c1)CCO2.